The number of amides is 1. The largest absolute Gasteiger partial charge is 0.461 e. The highest BCUT2D eigenvalue weighted by molar-refractivity contribution is 5.94. The summed E-state index contributed by atoms with van der Waals surface area (Å²) >= 11 is 0. The zero-order chi connectivity index (χ0) is 16.2. The Morgan fingerprint density at radius 3 is 2.73 bits per heavy atom. The van der Waals surface area contributed by atoms with Crippen molar-refractivity contribution in [1.29, 1.82) is 0 Å². The second-order valence-electron chi connectivity index (χ2n) is 6.78. The SMILES string of the molecule is CC(C)(C)OC(=O)N1CCCCC[C@@H]1CC(=O)c1ccco1. The van der Waals surface area contributed by atoms with Crippen LogP contribution in [0.25, 0.3) is 0 Å². The lowest BCUT2D eigenvalue weighted by Gasteiger charge is -2.32. The van der Waals surface area contributed by atoms with Crippen molar-refractivity contribution in [2.45, 2.75) is 64.5 Å². The molecular weight excluding hydrogens is 282 g/mol. The molecule has 5 heteroatoms. The Morgan fingerprint density at radius 2 is 2.09 bits per heavy atom. The molecule has 1 aromatic rings. The number of nitrogens with zero attached hydrogens (tertiary/aromatic N) is 1. The third kappa shape index (κ3) is 4.61. The van der Waals surface area contributed by atoms with Gasteiger partial charge in [-0.2, -0.15) is 0 Å². The predicted molar refractivity (Wildman–Crippen MR) is 82.9 cm³/mol. The maximum atomic E-state index is 12.4. The van der Waals surface area contributed by atoms with Gasteiger partial charge in [-0.1, -0.05) is 12.8 Å². The van der Waals surface area contributed by atoms with Crippen molar-refractivity contribution in [3.63, 3.8) is 0 Å². The first-order chi connectivity index (χ1) is 10.4. The highest BCUT2D eigenvalue weighted by atomic mass is 16.6. The van der Waals surface area contributed by atoms with E-state index in [-0.39, 0.29) is 24.3 Å². The normalized spacial score (nSPS) is 19.6. The average Bonchev–Trinajstić information content (AvgIpc) is 2.84. The van der Waals surface area contributed by atoms with Crippen molar-refractivity contribution in [1.82, 2.24) is 4.90 Å². The number of hydrogen-bond acceptors (Lipinski definition) is 4. The number of ketones is 1. The van der Waals surface area contributed by atoms with Crippen LogP contribution in [0.4, 0.5) is 4.79 Å². The molecule has 1 saturated heterocycles. The molecule has 0 unspecified atom stereocenters. The fraction of sp³-hybridized carbons (Fsp3) is 0.647. The highest BCUT2D eigenvalue weighted by Gasteiger charge is 2.31. The third-order valence-electron chi connectivity index (χ3n) is 3.72. The number of likely N-dealkylation sites (tertiary alicyclic amines) is 1. The first-order valence-corrected chi connectivity index (χ1v) is 7.93. The third-order valence-corrected chi connectivity index (χ3v) is 3.72. The zero-order valence-electron chi connectivity index (χ0n) is 13.6. The first kappa shape index (κ1) is 16.6. The average molecular weight is 307 g/mol. The quantitative estimate of drug-likeness (QED) is 0.791. The predicted octanol–water partition coefficient (Wildman–Crippen LogP) is 4.03. The van der Waals surface area contributed by atoms with Gasteiger partial charge in [0, 0.05) is 19.0 Å². The molecule has 0 spiro atoms. The van der Waals surface area contributed by atoms with Gasteiger partial charge in [0.25, 0.3) is 0 Å². The summed E-state index contributed by atoms with van der Waals surface area (Å²) in [6.07, 6.45) is 5.32. The molecule has 0 bridgehead atoms. The smallest absolute Gasteiger partial charge is 0.410 e. The Balaban J connectivity index is 2.07. The lowest BCUT2D eigenvalue weighted by atomic mass is 10.0. The molecule has 1 aliphatic heterocycles. The molecule has 22 heavy (non-hydrogen) atoms. The minimum absolute atomic E-state index is 0.0644. The Morgan fingerprint density at radius 1 is 1.32 bits per heavy atom. The van der Waals surface area contributed by atoms with Crippen LogP contribution in [-0.2, 0) is 4.74 Å². The number of hydrogen-bond donors (Lipinski definition) is 0. The second-order valence-corrected chi connectivity index (χ2v) is 6.78. The molecule has 1 amide bonds. The van der Waals surface area contributed by atoms with E-state index >= 15 is 0 Å². The van der Waals surface area contributed by atoms with Crippen LogP contribution in [-0.4, -0.2) is 35.0 Å². The van der Waals surface area contributed by atoms with E-state index in [1.165, 1.54) is 6.26 Å². The van der Waals surface area contributed by atoms with E-state index in [0.29, 0.717) is 12.3 Å². The lowest BCUT2D eigenvalue weighted by Crippen LogP contribution is -2.44. The van der Waals surface area contributed by atoms with E-state index in [4.69, 9.17) is 9.15 Å². The molecule has 0 aromatic carbocycles. The Labute approximate surface area is 131 Å². The molecule has 0 saturated carbocycles. The van der Waals surface area contributed by atoms with Gasteiger partial charge in [0.15, 0.2) is 11.5 Å². The van der Waals surface area contributed by atoms with Crippen LogP contribution in [0.2, 0.25) is 0 Å². The van der Waals surface area contributed by atoms with E-state index in [1.807, 2.05) is 20.8 Å². The van der Waals surface area contributed by atoms with Crippen LogP contribution in [0.5, 0.6) is 0 Å². The summed E-state index contributed by atoms with van der Waals surface area (Å²) in [5.41, 5.74) is -0.529. The van der Waals surface area contributed by atoms with Crippen molar-refractivity contribution >= 4 is 11.9 Å². The maximum absolute atomic E-state index is 12.4. The van der Waals surface area contributed by atoms with Gasteiger partial charge in [-0.3, -0.25) is 4.79 Å². The molecule has 1 atom stereocenters. The number of furan rings is 1. The van der Waals surface area contributed by atoms with Gasteiger partial charge in [-0.25, -0.2) is 4.79 Å². The van der Waals surface area contributed by atoms with Crippen LogP contribution < -0.4 is 0 Å². The molecule has 0 radical (unpaired) electrons. The van der Waals surface area contributed by atoms with E-state index in [2.05, 4.69) is 0 Å². The molecule has 0 aliphatic carbocycles. The van der Waals surface area contributed by atoms with Crippen LogP contribution >= 0.6 is 0 Å². The van der Waals surface area contributed by atoms with Crippen molar-refractivity contribution in [2.24, 2.45) is 0 Å². The van der Waals surface area contributed by atoms with Gasteiger partial charge in [0.05, 0.1) is 6.26 Å². The van der Waals surface area contributed by atoms with Crippen molar-refractivity contribution < 1.29 is 18.7 Å². The fourth-order valence-electron chi connectivity index (χ4n) is 2.70. The molecule has 1 aliphatic rings. The van der Waals surface area contributed by atoms with E-state index < -0.39 is 5.60 Å². The lowest BCUT2D eigenvalue weighted by molar-refractivity contribution is 0.0161. The van der Waals surface area contributed by atoms with Crippen molar-refractivity contribution in [2.75, 3.05) is 6.54 Å². The first-order valence-electron chi connectivity index (χ1n) is 7.93. The summed E-state index contributed by atoms with van der Waals surface area (Å²) in [5, 5.41) is 0. The molecule has 2 heterocycles. The van der Waals surface area contributed by atoms with Gasteiger partial charge >= 0.3 is 6.09 Å². The van der Waals surface area contributed by atoms with Crippen LogP contribution in [0.3, 0.4) is 0 Å². The monoisotopic (exact) mass is 307 g/mol. The van der Waals surface area contributed by atoms with Gasteiger partial charge in [0.2, 0.25) is 0 Å². The molecular formula is C17H25NO4. The minimum Gasteiger partial charge on any atom is -0.461 e. The number of ether oxygens (including phenoxy) is 1. The topological polar surface area (TPSA) is 59.8 Å². The number of carbonyl (C=O) groups excluding carboxylic acids is 2. The van der Waals surface area contributed by atoms with E-state index in [9.17, 15) is 9.59 Å². The molecule has 122 valence electrons. The Kier molecular flexibility index (Phi) is 5.27. The summed E-state index contributed by atoms with van der Waals surface area (Å²) in [7, 11) is 0. The maximum Gasteiger partial charge on any atom is 0.410 e. The Bertz CT molecular complexity index is 501. The van der Waals surface area contributed by atoms with Crippen LogP contribution in [0, 0.1) is 0 Å². The molecule has 0 N–H and O–H groups in total. The highest BCUT2D eigenvalue weighted by Crippen LogP contribution is 2.23. The summed E-state index contributed by atoms with van der Waals surface area (Å²) in [5.74, 6) is 0.291. The van der Waals surface area contributed by atoms with E-state index in [1.54, 1.807) is 17.0 Å². The van der Waals surface area contributed by atoms with Gasteiger partial charge in [-0.15, -0.1) is 0 Å². The number of Topliss-reactive ketones (excluding diaryl/α,β-unsaturated/α-hetero) is 1. The van der Waals surface area contributed by atoms with Gasteiger partial charge in [-0.05, 0) is 45.7 Å². The molecule has 5 nitrogen and oxygen atoms in total. The minimum atomic E-state index is -0.529. The molecule has 1 fully saturated rings. The van der Waals surface area contributed by atoms with Gasteiger partial charge < -0.3 is 14.1 Å². The zero-order valence-corrected chi connectivity index (χ0v) is 13.6. The Hall–Kier alpha value is -1.78. The van der Waals surface area contributed by atoms with Gasteiger partial charge in [0.1, 0.15) is 5.60 Å². The van der Waals surface area contributed by atoms with Crippen molar-refractivity contribution in [3.8, 4) is 0 Å². The summed E-state index contributed by atoms with van der Waals surface area (Å²) in [6, 6.07) is 3.25. The molecule has 1 aromatic heterocycles. The molecule has 2 rings (SSSR count). The van der Waals surface area contributed by atoms with Crippen molar-refractivity contribution in [3.05, 3.63) is 24.2 Å². The number of rotatable bonds is 3. The summed E-state index contributed by atoms with van der Waals surface area (Å²) in [4.78, 5) is 26.4. The standard InChI is InChI=1S/C17H25NO4/c1-17(2,3)22-16(20)18-10-6-4-5-8-13(18)12-14(19)15-9-7-11-21-15/h7,9,11,13H,4-6,8,10,12H2,1-3H3/t13-/m1/s1. The number of carbonyl (C=O) groups is 2. The van der Waals surface area contributed by atoms with Crippen LogP contribution in [0.15, 0.2) is 22.8 Å². The second kappa shape index (κ2) is 6.99. The van der Waals surface area contributed by atoms with E-state index in [0.717, 1.165) is 25.7 Å². The summed E-state index contributed by atoms with van der Waals surface area (Å²) < 4.78 is 10.6. The fourth-order valence-corrected chi connectivity index (χ4v) is 2.70. The van der Waals surface area contributed by atoms with Crippen LogP contribution in [0.1, 0.15) is 63.4 Å². The summed E-state index contributed by atoms with van der Waals surface area (Å²) in [6.45, 7) is 6.20.